The van der Waals surface area contributed by atoms with E-state index in [1.54, 1.807) is 24.3 Å². The van der Waals surface area contributed by atoms with Crippen LogP contribution in [0.15, 0.2) is 51.5 Å². The van der Waals surface area contributed by atoms with E-state index in [1.165, 1.54) is 18.2 Å². The highest BCUT2D eigenvalue weighted by Crippen LogP contribution is 2.46. The van der Waals surface area contributed by atoms with E-state index in [-0.39, 0.29) is 23.6 Å². The zero-order valence-corrected chi connectivity index (χ0v) is 19.2. The molecule has 1 aliphatic carbocycles. The van der Waals surface area contributed by atoms with Crippen LogP contribution in [0.4, 0.5) is 17.6 Å². The van der Waals surface area contributed by atoms with E-state index in [1.807, 2.05) is 4.90 Å². The Kier molecular flexibility index (Phi) is 5.41. The molecule has 1 fully saturated rings. The lowest BCUT2D eigenvalue weighted by molar-refractivity contribution is -0.147. The van der Waals surface area contributed by atoms with Crippen LogP contribution in [0, 0.1) is 11.7 Å². The molecule has 190 valence electrons. The van der Waals surface area contributed by atoms with Gasteiger partial charge in [-0.05, 0) is 24.5 Å². The van der Waals surface area contributed by atoms with E-state index >= 15 is 4.39 Å². The smallest absolute Gasteiger partial charge is 0.422 e. The first-order chi connectivity index (χ1) is 17.7. The number of carboxylic acids is 1. The molecule has 6 rings (SSSR count). The van der Waals surface area contributed by atoms with Crippen LogP contribution >= 0.6 is 0 Å². The van der Waals surface area contributed by atoms with Crippen LogP contribution in [-0.4, -0.2) is 39.4 Å². The number of halogens is 4. The molecule has 0 saturated carbocycles. The van der Waals surface area contributed by atoms with Crippen LogP contribution in [0.5, 0.6) is 0 Å². The van der Waals surface area contributed by atoms with Crippen molar-refractivity contribution < 1.29 is 36.5 Å². The summed E-state index contributed by atoms with van der Waals surface area (Å²) in [6.45, 7) is 0.982. The molecule has 0 radical (unpaired) electrons. The number of carboxylic acid groups (broad SMARTS) is 1. The monoisotopic (exact) mass is 513 g/mol. The summed E-state index contributed by atoms with van der Waals surface area (Å²) in [6, 6.07) is 10.9. The molecule has 2 aliphatic rings. The van der Waals surface area contributed by atoms with Gasteiger partial charge in [0.1, 0.15) is 17.1 Å². The summed E-state index contributed by atoms with van der Waals surface area (Å²) in [5.41, 5.74) is 1.02. The van der Waals surface area contributed by atoms with Crippen molar-refractivity contribution in [2.24, 2.45) is 5.92 Å². The normalized spacial score (nSPS) is 15.8. The van der Waals surface area contributed by atoms with Gasteiger partial charge in [0.25, 0.3) is 0 Å². The van der Waals surface area contributed by atoms with E-state index in [4.69, 9.17) is 14.2 Å². The van der Waals surface area contributed by atoms with Crippen LogP contribution in [0.2, 0.25) is 0 Å². The minimum Gasteiger partial charge on any atom is -0.481 e. The predicted molar refractivity (Wildman–Crippen MR) is 122 cm³/mol. The predicted octanol–water partition coefficient (Wildman–Crippen LogP) is 5.44. The number of aromatic nitrogens is 2. The van der Waals surface area contributed by atoms with Gasteiger partial charge in [0, 0.05) is 41.9 Å². The largest absolute Gasteiger partial charge is 0.481 e. The van der Waals surface area contributed by atoms with E-state index in [0.29, 0.717) is 42.6 Å². The summed E-state index contributed by atoms with van der Waals surface area (Å²) in [5, 5.41) is 16.8. The number of nitrogens with zero attached hydrogens (tertiary/aromatic N) is 3. The Morgan fingerprint density at radius 1 is 1.03 bits per heavy atom. The summed E-state index contributed by atoms with van der Waals surface area (Å²) in [4.78, 5) is 12.9. The van der Waals surface area contributed by atoms with Gasteiger partial charge >= 0.3 is 12.1 Å². The quantitative estimate of drug-likeness (QED) is 0.356. The molecule has 7 nitrogen and oxygen atoms in total. The van der Waals surface area contributed by atoms with Crippen molar-refractivity contribution in [3.63, 3.8) is 0 Å². The number of aryl methyl sites for hydroxylation is 1. The fourth-order valence-corrected chi connectivity index (χ4v) is 5.01. The van der Waals surface area contributed by atoms with Crippen LogP contribution in [0.3, 0.4) is 0 Å². The Hall–Kier alpha value is -3.99. The summed E-state index contributed by atoms with van der Waals surface area (Å²) in [7, 11) is 0. The molecule has 0 amide bonds. The fourth-order valence-electron chi connectivity index (χ4n) is 5.01. The Bertz CT molecular complexity index is 1500. The van der Waals surface area contributed by atoms with Crippen LogP contribution in [0.1, 0.15) is 22.3 Å². The zero-order chi connectivity index (χ0) is 25.9. The van der Waals surface area contributed by atoms with Crippen molar-refractivity contribution in [1.29, 1.82) is 0 Å². The number of aliphatic carboxylic acids is 1. The zero-order valence-electron chi connectivity index (χ0n) is 19.2. The summed E-state index contributed by atoms with van der Waals surface area (Å²) in [5.74, 6) is -2.38. The Morgan fingerprint density at radius 2 is 1.73 bits per heavy atom. The number of hydrogen-bond acceptors (Lipinski definition) is 6. The van der Waals surface area contributed by atoms with E-state index < -0.39 is 40.9 Å². The minimum absolute atomic E-state index is 0.149. The third-order valence-electron chi connectivity index (χ3n) is 6.89. The van der Waals surface area contributed by atoms with Crippen molar-refractivity contribution in [1.82, 2.24) is 15.2 Å². The molecule has 0 spiro atoms. The van der Waals surface area contributed by atoms with E-state index in [0.717, 1.165) is 5.56 Å². The first-order valence-electron chi connectivity index (χ1n) is 11.6. The molecular weight excluding hydrogens is 494 g/mol. The van der Waals surface area contributed by atoms with Gasteiger partial charge in [-0.3, -0.25) is 9.69 Å². The molecule has 4 aromatic rings. The summed E-state index contributed by atoms with van der Waals surface area (Å²) >= 11 is 0. The Balaban J connectivity index is 1.35. The highest BCUT2D eigenvalue weighted by atomic mass is 19.4. The van der Waals surface area contributed by atoms with E-state index in [9.17, 15) is 18.0 Å². The van der Waals surface area contributed by atoms with Crippen LogP contribution < -0.4 is 0 Å². The van der Waals surface area contributed by atoms with Crippen molar-refractivity contribution in [2.75, 3.05) is 13.1 Å². The first kappa shape index (κ1) is 23.4. The van der Waals surface area contributed by atoms with E-state index in [2.05, 4.69) is 10.3 Å². The molecule has 0 unspecified atom stereocenters. The maximum atomic E-state index is 15.0. The third-order valence-corrected chi connectivity index (χ3v) is 6.89. The van der Waals surface area contributed by atoms with Crippen molar-refractivity contribution in [3.8, 4) is 34.0 Å². The molecular formula is C26H19F4N3O4. The average molecular weight is 513 g/mol. The number of alkyl halides is 3. The molecule has 11 heteroatoms. The highest BCUT2D eigenvalue weighted by molar-refractivity contribution is 5.79. The minimum atomic E-state index is -4.77. The summed E-state index contributed by atoms with van der Waals surface area (Å²) in [6.07, 6.45) is -4.02. The molecule has 37 heavy (non-hydrogen) atoms. The lowest BCUT2D eigenvalue weighted by atomic mass is 9.86. The number of benzene rings is 2. The molecule has 0 atom stereocenters. The first-order valence-corrected chi connectivity index (χ1v) is 11.6. The fraction of sp³-hybridized carbons (Fsp3) is 0.269. The molecule has 1 aliphatic heterocycles. The second-order valence-corrected chi connectivity index (χ2v) is 9.27. The van der Waals surface area contributed by atoms with Gasteiger partial charge in [-0.1, -0.05) is 46.7 Å². The highest BCUT2D eigenvalue weighted by Gasteiger charge is 2.43. The standard InChI is InChI=1S/C26H19F4N3O4/c27-19-9-18-14(8-15(19)10-33-11-16(12-33)25(34)35)6-7-17-21(18)31-37-24(17)22-20(26(28,29)30)23(36-32-22)13-4-2-1-3-5-13/h1-5,8-9,16H,6-7,10-12H2,(H,34,35). The van der Waals surface area contributed by atoms with Crippen LogP contribution in [-0.2, 0) is 30.4 Å². The lowest BCUT2D eigenvalue weighted by Gasteiger charge is -2.36. The Labute approximate surface area is 207 Å². The van der Waals surface area contributed by atoms with Gasteiger partial charge < -0.3 is 14.2 Å². The molecule has 0 bridgehead atoms. The number of rotatable bonds is 5. The SMILES string of the molecule is O=C(O)C1CN(Cc2cc3c(cc2F)-c2noc(-c4noc(-c5ccccc5)c4C(F)(F)F)c2CC3)C1. The maximum Gasteiger partial charge on any atom is 0.422 e. The van der Waals surface area contributed by atoms with Gasteiger partial charge in [-0.15, -0.1) is 0 Å². The molecule has 1 saturated heterocycles. The topological polar surface area (TPSA) is 92.6 Å². The second-order valence-electron chi connectivity index (χ2n) is 9.27. The Morgan fingerprint density at radius 3 is 2.43 bits per heavy atom. The van der Waals surface area contributed by atoms with Gasteiger partial charge in [0.15, 0.2) is 17.2 Å². The van der Waals surface area contributed by atoms with Crippen molar-refractivity contribution >= 4 is 5.97 Å². The number of likely N-dealkylation sites (tertiary alicyclic amines) is 1. The lowest BCUT2D eigenvalue weighted by Crippen LogP contribution is -2.49. The maximum absolute atomic E-state index is 15.0. The van der Waals surface area contributed by atoms with Crippen LogP contribution in [0.25, 0.3) is 34.0 Å². The number of hydrogen-bond donors (Lipinski definition) is 1. The van der Waals surface area contributed by atoms with Gasteiger partial charge in [-0.2, -0.15) is 13.2 Å². The second kappa shape index (κ2) is 8.55. The molecule has 1 N–H and O–H groups in total. The van der Waals surface area contributed by atoms with Crippen molar-refractivity contribution in [2.45, 2.75) is 25.6 Å². The molecule has 2 aromatic carbocycles. The average Bonchev–Trinajstić information content (AvgIpc) is 3.46. The summed E-state index contributed by atoms with van der Waals surface area (Å²) < 4.78 is 68.0. The molecule has 2 aromatic heterocycles. The molecule has 3 heterocycles. The van der Waals surface area contributed by atoms with Gasteiger partial charge in [0.05, 0.1) is 5.92 Å². The van der Waals surface area contributed by atoms with Crippen molar-refractivity contribution in [3.05, 3.63) is 70.5 Å². The number of fused-ring (bicyclic) bond motifs is 3. The number of carbonyl (C=O) groups is 1. The third kappa shape index (κ3) is 3.99. The van der Waals surface area contributed by atoms with Gasteiger partial charge in [0.2, 0.25) is 0 Å². The van der Waals surface area contributed by atoms with Gasteiger partial charge in [-0.25, -0.2) is 4.39 Å².